The maximum atomic E-state index is 13.1. The molecule has 2 rings (SSSR count). The first-order valence-corrected chi connectivity index (χ1v) is 9.15. The number of nitrogens with one attached hydrogen (secondary N) is 1. The van der Waals surface area contributed by atoms with E-state index in [1.54, 1.807) is 18.2 Å². The highest BCUT2D eigenvalue weighted by Crippen LogP contribution is 2.29. The fraction of sp³-hybridized carbons (Fsp3) is 0.333. The van der Waals surface area contributed by atoms with Crippen LogP contribution in [0, 0.1) is 5.82 Å². The fourth-order valence-corrected chi connectivity index (χ4v) is 3.71. The van der Waals surface area contributed by atoms with Crippen LogP contribution in [0.15, 0.2) is 47.4 Å². The predicted octanol–water partition coefficient (Wildman–Crippen LogP) is 3.10. The normalized spacial score (nSPS) is 12.0. The molecule has 0 aliphatic carbocycles. The van der Waals surface area contributed by atoms with E-state index in [0.29, 0.717) is 5.75 Å². The van der Waals surface area contributed by atoms with Crippen molar-refractivity contribution in [2.24, 2.45) is 0 Å². The lowest BCUT2D eigenvalue weighted by molar-refractivity contribution is 0.385. The van der Waals surface area contributed by atoms with E-state index in [4.69, 9.17) is 9.47 Å². The van der Waals surface area contributed by atoms with Gasteiger partial charge in [0.1, 0.15) is 22.2 Å². The molecule has 2 aromatic carbocycles. The van der Waals surface area contributed by atoms with Crippen LogP contribution in [0.25, 0.3) is 0 Å². The van der Waals surface area contributed by atoms with Crippen LogP contribution in [-0.2, 0) is 15.4 Å². The molecule has 0 radical (unpaired) electrons. The number of rotatable bonds is 7. The summed E-state index contributed by atoms with van der Waals surface area (Å²) >= 11 is 0. The lowest BCUT2D eigenvalue weighted by atomic mass is 9.85. The van der Waals surface area contributed by atoms with Crippen LogP contribution < -0.4 is 14.2 Å². The monoisotopic (exact) mass is 367 g/mol. The minimum atomic E-state index is -3.78. The van der Waals surface area contributed by atoms with Gasteiger partial charge in [0.15, 0.2) is 0 Å². The molecule has 0 aliphatic rings. The van der Waals surface area contributed by atoms with Crippen molar-refractivity contribution in [3.05, 3.63) is 53.8 Å². The Morgan fingerprint density at radius 3 is 2.24 bits per heavy atom. The molecule has 0 aliphatic heterocycles. The highest BCUT2D eigenvalue weighted by Gasteiger charge is 2.26. The molecule has 7 heteroatoms. The van der Waals surface area contributed by atoms with Crippen molar-refractivity contribution in [3.63, 3.8) is 0 Å². The second kappa shape index (κ2) is 7.41. The summed E-state index contributed by atoms with van der Waals surface area (Å²) in [6, 6.07) is 10.5. The van der Waals surface area contributed by atoms with Crippen LogP contribution in [0.2, 0.25) is 0 Å². The third-order valence-electron chi connectivity index (χ3n) is 3.99. The Bertz CT molecular complexity index is 833. The van der Waals surface area contributed by atoms with Gasteiger partial charge >= 0.3 is 0 Å². The third kappa shape index (κ3) is 4.49. The quantitative estimate of drug-likeness (QED) is 0.817. The molecule has 0 spiro atoms. The summed E-state index contributed by atoms with van der Waals surface area (Å²) in [5.41, 5.74) is 0.318. The largest absolute Gasteiger partial charge is 0.497 e. The van der Waals surface area contributed by atoms with Gasteiger partial charge in [0.2, 0.25) is 10.0 Å². The first-order valence-electron chi connectivity index (χ1n) is 7.67. The Kier molecular flexibility index (Phi) is 5.69. The summed E-state index contributed by atoms with van der Waals surface area (Å²) in [5.74, 6) is 0.372. The van der Waals surface area contributed by atoms with Gasteiger partial charge in [-0.15, -0.1) is 0 Å². The predicted molar refractivity (Wildman–Crippen MR) is 94.2 cm³/mol. The van der Waals surface area contributed by atoms with E-state index in [2.05, 4.69) is 4.72 Å². The molecule has 0 fully saturated rings. The maximum absolute atomic E-state index is 13.1. The second-order valence-corrected chi connectivity index (χ2v) is 7.97. The average molecular weight is 367 g/mol. The number of hydrogen-bond donors (Lipinski definition) is 1. The summed E-state index contributed by atoms with van der Waals surface area (Å²) in [6.07, 6.45) is 0. The summed E-state index contributed by atoms with van der Waals surface area (Å²) in [6.45, 7) is 3.91. The van der Waals surface area contributed by atoms with E-state index in [1.807, 2.05) is 13.8 Å². The number of hydrogen-bond acceptors (Lipinski definition) is 4. The van der Waals surface area contributed by atoms with E-state index in [0.717, 1.165) is 5.56 Å². The second-order valence-electron chi connectivity index (χ2n) is 6.23. The Labute approximate surface area is 147 Å². The number of benzene rings is 2. The molecule has 25 heavy (non-hydrogen) atoms. The molecule has 0 saturated carbocycles. The fourth-order valence-electron chi connectivity index (χ4n) is 2.35. The summed E-state index contributed by atoms with van der Waals surface area (Å²) in [4.78, 5) is 0.0331. The van der Waals surface area contributed by atoms with Crippen molar-refractivity contribution in [1.82, 2.24) is 4.72 Å². The molecule has 5 nitrogen and oxygen atoms in total. The van der Waals surface area contributed by atoms with Crippen LogP contribution in [0.3, 0.4) is 0 Å². The molecule has 0 amide bonds. The van der Waals surface area contributed by atoms with Gasteiger partial charge in [0, 0.05) is 18.0 Å². The van der Waals surface area contributed by atoms with Gasteiger partial charge in [-0.2, -0.15) is 0 Å². The Hall–Kier alpha value is -2.12. The van der Waals surface area contributed by atoms with Crippen molar-refractivity contribution in [1.29, 1.82) is 0 Å². The van der Waals surface area contributed by atoms with Gasteiger partial charge in [-0.25, -0.2) is 17.5 Å². The number of sulfonamides is 1. The Morgan fingerprint density at radius 1 is 1.04 bits per heavy atom. The zero-order chi connectivity index (χ0) is 18.7. The Balaban J connectivity index is 2.22. The molecule has 0 unspecified atom stereocenters. The lowest BCUT2D eigenvalue weighted by Crippen LogP contribution is -2.36. The van der Waals surface area contributed by atoms with E-state index in [-0.39, 0.29) is 23.0 Å². The van der Waals surface area contributed by atoms with Gasteiger partial charge in [0.25, 0.3) is 0 Å². The molecule has 0 aromatic heterocycles. The van der Waals surface area contributed by atoms with Gasteiger partial charge in [-0.1, -0.05) is 26.0 Å². The minimum absolute atomic E-state index is 0.0331. The van der Waals surface area contributed by atoms with E-state index >= 15 is 0 Å². The van der Waals surface area contributed by atoms with Crippen LogP contribution in [-0.4, -0.2) is 29.2 Å². The van der Waals surface area contributed by atoms with E-state index in [9.17, 15) is 12.8 Å². The molecule has 2 aromatic rings. The van der Waals surface area contributed by atoms with Crippen LogP contribution >= 0.6 is 0 Å². The Morgan fingerprint density at radius 2 is 1.68 bits per heavy atom. The molecule has 0 atom stereocenters. The van der Waals surface area contributed by atoms with Crippen molar-refractivity contribution in [2.75, 3.05) is 20.8 Å². The molecule has 0 bridgehead atoms. The average Bonchev–Trinajstić information content (AvgIpc) is 2.60. The smallest absolute Gasteiger partial charge is 0.244 e. The highest BCUT2D eigenvalue weighted by atomic mass is 32.2. The summed E-state index contributed by atoms with van der Waals surface area (Å²) < 4.78 is 51.2. The highest BCUT2D eigenvalue weighted by molar-refractivity contribution is 7.89. The molecular weight excluding hydrogens is 345 g/mol. The van der Waals surface area contributed by atoms with Gasteiger partial charge in [-0.3, -0.25) is 0 Å². The van der Waals surface area contributed by atoms with Crippen LogP contribution in [0.1, 0.15) is 19.4 Å². The zero-order valence-electron chi connectivity index (χ0n) is 14.7. The number of ether oxygens (including phenoxy) is 2. The molecule has 136 valence electrons. The third-order valence-corrected chi connectivity index (χ3v) is 5.43. The van der Waals surface area contributed by atoms with Crippen molar-refractivity contribution in [3.8, 4) is 11.5 Å². The van der Waals surface area contributed by atoms with Gasteiger partial charge < -0.3 is 9.47 Å². The van der Waals surface area contributed by atoms with E-state index < -0.39 is 15.4 Å². The van der Waals surface area contributed by atoms with Crippen molar-refractivity contribution < 1.29 is 22.3 Å². The first kappa shape index (κ1) is 19.2. The lowest BCUT2D eigenvalue weighted by Gasteiger charge is -2.26. The van der Waals surface area contributed by atoms with Crippen LogP contribution in [0.5, 0.6) is 11.5 Å². The SMILES string of the molecule is COc1ccc(S(=O)(=O)NCC(C)(C)c2ccc(F)cc2)c(OC)c1. The molecular formula is C18H22FNO4S. The number of halogens is 1. The maximum Gasteiger partial charge on any atom is 0.244 e. The zero-order valence-corrected chi connectivity index (χ0v) is 15.5. The minimum Gasteiger partial charge on any atom is -0.497 e. The van der Waals surface area contributed by atoms with Crippen molar-refractivity contribution >= 4 is 10.0 Å². The topological polar surface area (TPSA) is 64.6 Å². The van der Waals surface area contributed by atoms with E-state index in [1.165, 1.54) is 38.5 Å². The van der Waals surface area contributed by atoms with Gasteiger partial charge in [-0.05, 0) is 29.8 Å². The summed E-state index contributed by atoms with van der Waals surface area (Å²) in [5, 5.41) is 0. The first-order chi connectivity index (χ1) is 11.7. The van der Waals surface area contributed by atoms with Crippen LogP contribution in [0.4, 0.5) is 4.39 Å². The molecule has 0 heterocycles. The molecule has 0 saturated heterocycles. The van der Waals surface area contributed by atoms with Crippen molar-refractivity contribution in [2.45, 2.75) is 24.2 Å². The summed E-state index contributed by atoms with van der Waals surface area (Å²) in [7, 11) is -0.890. The van der Waals surface area contributed by atoms with Gasteiger partial charge in [0.05, 0.1) is 14.2 Å². The number of methoxy groups -OCH3 is 2. The molecule has 1 N–H and O–H groups in total. The standard InChI is InChI=1S/C18H22FNO4S/c1-18(2,13-5-7-14(19)8-6-13)12-20-25(21,22)17-10-9-15(23-3)11-16(17)24-4/h5-11,20H,12H2,1-4H3.